The van der Waals surface area contributed by atoms with Crippen LogP contribution in [-0.2, 0) is 5.72 Å². The molecule has 0 bridgehead atoms. The van der Waals surface area contributed by atoms with E-state index in [0.29, 0.717) is 11.5 Å². The molecule has 1 unspecified atom stereocenters. The standard InChI is InChI=1S/C12H13N3O/c1-12(16,10-6-2-4-8-13-10)15-11-7-3-5-9-14-11/h2-9,16H,1H3,(H,14,15). The Morgan fingerprint density at radius 1 is 1.06 bits per heavy atom. The molecule has 0 aliphatic rings. The summed E-state index contributed by atoms with van der Waals surface area (Å²) in [5.74, 6) is 0.609. The van der Waals surface area contributed by atoms with Gasteiger partial charge in [-0.05, 0) is 31.2 Å². The van der Waals surface area contributed by atoms with E-state index in [4.69, 9.17) is 0 Å². The second-order valence-electron chi connectivity index (χ2n) is 3.63. The SMILES string of the molecule is CC(O)(Nc1ccccn1)c1ccccn1. The van der Waals surface area contributed by atoms with E-state index in [1.807, 2.05) is 18.2 Å². The summed E-state index contributed by atoms with van der Waals surface area (Å²) in [6.07, 6.45) is 3.31. The zero-order valence-corrected chi connectivity index (χ0v) is 8.96. The third kappa shape index (κ3) is 2.35. The van der Waals surface area contributed by atoms with Gasteiger partial charge in [0.1, 0.15) is 5.82 Å². The maximum atomic E-state index is 10.2. The van der Waals surface area contributed by atoms with Crippen LogP contribution in [0.1, 0.15) is 12.6 Å². The lowest BCUT2D eigenvalue weighted by atomic mass is 10.1. The fourth-order valence-electron chi connectivity index (χ4n) is 1.40. The predicted octanol–water partition coefficient (Wildman–Crippen LogP) is 1.75. The molecule has 4 nitrogen and oxygen atoms in total. The molecule has 2 aromatic heterocycles. The molecule has 2 heterocycles. The molecule has 2 aromatic rings. The Morgan fingerprint density at radius 2 is 1.75 bits per heavy atom. The maximum absolute atomic E-state index is 10.2. The summed E-state index contributed by atoms with van der Waals surface area (Å²) in [5.41, 5.74) is -0.670. The van der Waals surface area contributed by atoms with E-state index in [2.05, 4.69) is 15.3 Å². The molecule has 0 aliphatic heterocycles. The van der Waals surface area contributed by atoms with Gasteiger partial charge in [-0.15, -0.1) is 0 Å². The Balaban J connectivity index is 2.21. The van der Waals surface area contributed by atoms with Crippen LogP contribution in [0, 0.1) is 0 Å². The summed E-state index contributed by atoms with van der Waals surface area (Å²) in [5, 5.41) is 13.1. The van der Waals surface area contributed by atoms with Gasteiger partial charge >= 0.3 is 0 Å². The minimum Gasteiger partial charge on any atom is -0.366 e. The predicted molar refractivity (Wildman–Crippen MR) is 61.7 cm³/mol. The van der Waals surface area contributed by atoms with Crippen molar-refractivity contribution in [3.8, 4) is 0 Å². The van der Waals surface area contributed by atoms with Crippen LogP contribution in [0.5, 0.6) is 0 Å². The number of aromatic nitrogens is 2. The summed E-state index contributed by atoms with van der Waals surface area (Å²) in [6.45, 7) is 1.64. The highest BCUT2D eigenvalue weighted by Crippen LogP contribution is 2.19. The zero-order valence-electron chi connectivity index (χ0n) is 8.96. The van der Waals surface area contributed by atoms with Crippen molar-refractivity contribution in [1.82, 2.24) is 9.97 Å². The number of pyridine rings is 2. The molecule has 0 aliphatic carbocycles. The second kappa shape index (κ2) is 4.28. The van der Waals surface area contributed by atoms with Crippen molar-refractivity contribution in [1.29, 1.82) is 0 Å². The van der Waals surface area contributed by atoms with Crippen LogP contribution in [0.25, 0.3) is 0 Å². The van der Waals surface area contributed by atoms with E-state index in [1.165, 1.54) is 0 Å². The number of anilines is 1. The average molecular weight is 215 g/mol. The lowest BCUT2D eigenvalue weighted by molar-refractivity contribution is 0.0835. The molecule has 2 rings (SSSR count). The van der Waals surface area contributed by atoms with E-state index in [1.54, 1.807) is 37.5 Å². The first-order valence-electron chi connectivity index (χ1n) is 5.01. The van der Waals surface area contributed by atoms with E-state index >= 15 is 0 Å². The van der Waals surface area contributed by atoms with Crippen LogP contribution in [-0.4, -0.2) is 15.1 Å². The Bertz CT molecular complexity index is 442. The topological polar surface area (TPSA) is 58.0 Å². The van der Waals surface area contributed by atoms with Gasteiger partial charge in [0.25, 0.3) is 0 Å². The monoisotopic (exact) mass is 215 g/mol. The van der Waals surface area contributed by atoms with Gasteiger partial charge in [0.15, 0.2) is 5.72 Å². The van der Waals surface area contributed by atoms with Crippen molar-refractivity contribution in [2.75, 3.05) is 5.32 Å². The number of hydrogen-bond donors (Lipinski definition) is 2. The first-order chi connectivity index (χ1) is 7.68. The average Bonchev–Trinajstić information content (AvgIpc) is 2.31. The summed E-state index contributed by atoms with van der Waals surface area (Å²) < 4.78 is 0. The van der Waals surface area contributed by atoms with Crippen molar-refractivity contribution in [2.45, 2.75) is 12.6 Å². The summed E-state index contributed by atoms with van der Waals surface area (Å²) >= 11 is 0. The highest BCUT2D eigenvalue weighted by atomic mass is 16.3. The molecule has 16 heavy (non-hydrogen) atoms. The minimum absolute atomic E-state index is 0.556. The summed E-state index contributed by atoms with van der Waals surface area (Å²) in [4.78, 5) is 8.20. The number of rotatable bonds is 3. The van der Waals surface area contributed by atoms with Gasteiger partial charge in [0.05, 0.1) is 5.69 Å². The normalized spacial score (nSPS) is 14.1. The van der Waals surface area contributed by atoms with Gasteiger partial charge in [-0.1, -0.05) is 12.1 Å². The van der Waals surface area contributed by atoms with Crippen molar-refractivity contribution in [2.24, 2.45) is 0 Å². The molecule has 82 valence electrons. The number of aliphatic hydroxyl groups is 1. The van der Waals surface area contributed by atoms with Crippen LogP contribution < -0.4 is 5.32 Å². The molecule has 0 saturated carbocycles. The minimum atomic E-state index is -1.23. The van der Waals surface area contributed by atoms with Gasteiger partial charge in [-0.2, -0.15) is 0 Å². The first kappa shape index (κ1) is 10.6. The van der Waals surface area contributed by atoms with Crippen LogP contribution in [0.2, 0.25) is 0 Å². The fourth-order valence-corrected chi connectivity index (χ4v) is 1.40. The third-order valence-corrected chi connectivity index (χ3v) is 2.20. The van der Waals surface area contributed by atoms with Crippen molar-refractivity contribution < 1.29 is 5.11 Å². The highest BCUT2D eigenvalue weighted by Gasteiger charge is 2.24. The molecule has 0 saturated heterocycles. The molecule has 0 radical (unpaired) electrons. The van der Waals surface area contributed by atoms with Crippen molar-refractivity contribution in [3.63, 3.8) is 0 Å². The fraction of sp³-hybridized carbons (Fsp3) is 0.167. The van der Waals surface area contributed by atoms with Crippen LogP contribution in [0.15, 0.2) is 48.8 Å². The van der Waals surface area contributed by atoms with Crippen LogP contribution in [0.4, 0.5) is 5.82 Å². The Hall–Kier alpha value is -1.94. The van der Waals surface area contributed by atoms with Crippen LogP contribution >= 0.6 is 0 Å². The number of nitrogens with one attached hydrogen (secondary N) is 1. The van der Waals surface area contributed by atoms with E-state index in [9.17, 15) is 5.11 Å². The Kier molecular flexibility index (Phi) is 2.83. The van der Waals surface area contributed by atoms with E-state index in [0.717, 1.165) is 0 Å². The van der Waals surface area contributed by atoms with Crippen LogP contribution in [0.3, 0.4) is 0 Å². The molecule has 4 heteroatoms. The number of nitrogens with zero attached hydrogens (tertiary/aromatic N) is 2. The molecular formula is C12H13N3O. The van der Waals surface area contributed by atoms with Crippen molar-refractivity contribution in [3.05, 3.63) is 54.5 Å². The zero-order chi connectivity index (χ0) is 11.4. The van der Waals surface area contributed by atoms with Gasteiger partial charge in [0.2, 0.25) is 0 Å². The molecule has 2 N–H and O–H groups in total. The van der Waals surface area contributed by atoms with Crippen molar-refractivity contribution >= 4 is 5.82 Å². The molecule has 1 atom stereocenters. The maximum Gasteiger partial charge on any atom is 0.177 e. The molecule has 0 aromatic carbocycles. The summed E-state index contributed by atoms with van der Waals surface area (Å²) in [6, 6.07) is 10.9. The molecule has 0 fully saturated rings. The Labute approximate surface area is 94.0 Å². The molecular weight excluding hydrogens is 202 g/mol. The smallest absolute Gasteiger partial charge is 0.177 e. The quantitative estimate of drug-likeness (QED) is 0.766. The summed E-state index contributed by atoms with van der Waals surface area (Å²) in [7, 11) is 0. The highest BCUT2D eigenvalue weighted by molar-refractivity contribution is 5.37. The molecule has 0 spiro atoms. The van der Waals surface area contributed by atoms with Gasteiger partial charge < -0.3 is 10.4 Å². The lowest BCUT2D eigenvalue weighted by Gasteiger charge is -2.24. The van der Waals surface area contributed by atoms with Gasteiger partial charge in [0, 0.05) is 12.4 Å². The van der Waals surface area contributed by atoms with Gasteiger partial charge in [-0.3, -0.25) is 4.98 Å². The largest absolute Gasteiger partial charge is 0.366 e. The first-order valence-corrected chi connectivity index (χ1v) is 5.01. The third-order valence-electron chi connectivity index (χ3n) is 2.20. The second-order valence-corrected chi connectivity index (χ2v) is 3.63. The molecule has 0 amide bonds. The Morgan fingerprint density at radius 3 is 2.31 bits per heavy atom. The van der Waals surface area contributed by atoms with E-state index in [-0.39, 0.29) is 0 Å². The van der Waals surface area contributed by atoms with E-state index < -0.39 is 5.72 Å². The van der Waals surface area contributed by atoms with Gasteiger partial charge in [-0.25, -0.2) is 4.98 Å². The number of hydrogen-bond acceptors (Lipinski definition) is 4. The lowest BCUT2D eigenvalue weighted by Crippen LogP contribution is -2.32.